The Morgan fingerprint density at radius 3 is 1.22 bits per heavy atom. The fourth-order valence-electron chi connectivity index (χ4n) is 13.8. The Kier molecular flexibility index (Phi) is 7.97. The Morgan fingerprint density at radius 2 is 0.814 bits per heavy atom. The minimum absolute atomic E-state index is 0.0389. The van der Waals surface area contributed by atoms with Crippen molar-refractivity contribution < 1.29 is 0 Å². The molecule has 4 atom stereocenters. The minimum atomic E-state index is 0.0389. The monoisotopic (exact) mass is 772 g/mol. The maximum absolute atomic E-state index is 2.74. The van der Waals surface area contributed by atoms with Gasteiger partial charge < -0.3 is 9.80 Å². The zero-order valence-electron chi connectivity index (χ0n) is 36.7. The van der Waals surface area contributed by atoms with Crippen molar-refractivity contribution in [1.82, 2.24) is 0 Å². The molecule has 2 fully saturated rings. The van der Waals surface area contributed by atoms with Crippen LogP contribution in [-0.2, 0) is 17.3 Å². The summed E-state index contributed by atoms with van der Waals surface area (Å²) in [6.07, 6.45) is 11.1. The third-order valence-corrected chi connectivity index (χ3v) is 17.1. The molecule has 11 rings (SSSR count). The summed E-state index contributed by atoms with van der Waals surface area (Å²) in [7, 11) is 0. The molecule has 2 saturated carbocycles. The van der Waals surface area contributed by atoms with E-state index in [1.165, 1.54) is 141 Å². The maximum Gasteiger partial charge on any atom is 0.0518 e. The zero-order valence-corrected chi connectivity index (χ0v) is 36.7. The molecule has 0 amide bonds. The Morgan fingerprint density at radius 1 is 0.424 bits per heavy atom. The first kappa shape index (κ1) is 37.0. The summed E-state index contributed by atoms with van der Waals surface area (Å²) in [5.74, 6) is 0. The quantitative estimate of drug-likeness (QED) is 0.176. The van der Waals surface area contributed by atoms with Crippen LogP contribution in [0.5, 0.6) is 0 Å². The molecular weight excluding hydrogens is 713 g/mol. The average molecular weight is 773 g/mol. The van der Waals surface area contributed by atoms with E-state index in [2.05, 4.69) is 174 Å². The Hall–Kier alpha value is -5.08. The lowest BCUT2D eigenvalue weighted by Crippen LogP contribution is -2.54. The first-order valence-corrected chi connectivity index (χ1v) is 22.7. The average Bonchev–Trinajstić information content (AvgIpc) is 3.80. The van der Waals surface area contributed by atoms with Crippen molar-refractivity contribution in [3.05, 3.63) is 154 Å². The first-order chi connectivity index (χ1) is 28.4. The highest BCUT2D eigenvalue weighted by molar-refractivity contribution is 5.91. The number of rotatable bonds is 4. The molecule has 0 saturated heterocycles. The summed E-state index contributed by atoms with van der Waals surface area (Å²) in [5.41, 5.74) is 25.9. The van der Waals surface area contributed by atoms with Gasteiger partial charge >= 0.3 is 0 Å². The van der Waals surface area contributed by atoms with Crippen molar-refractivity contribution in [2.24, 2.45) is 0 Å². The molecule has 0 bridgehead atoms. The predicted octanol–water partition coefficient (Wildman–Crippen LogP) is 15.3. The van der Waals surface area contributed by atoms with Crippen LogP contribution in [0.4, 0.5) is 22.7 Å². The molecule has 6 aromatic rings. The Labute approximate surface area is 353 Å². The Bertz CT molecular complexity index is 2520. The van der Waals surface area contributed by atoms with Gasteiger partial charge in [-0.2, -0.15) is 0 Å². The fourth-order valence-corrected chi connectivity index (χ4v) is 13.8. The summed E-state index contributed by atoms with van der Waals surface area (Å²) >= 11 is 0. The second-order valence-corrected chi connectivity index (χ2v) is 20.1. The lowest BCUT2D eigenvalue weighted by atomic mass is 9.60. The molecule has 0 aromatic heterocycles. The van der Waals surface area contributed by atoms with Gasteiger partial charge in [0.2, 0.25) is 0 Å². The number of aryl methyl sites for hydroxylation is 2. The van der Waals surface area contributed by atoms with Crippen LogP contribution in [-0.4, -0.2) is 11.1 Å². The van der Waals surface area contributed by atoms with E-state index in [9.17, 15) is 0 Å². The number of para-hydroxylation sites is 2. The second kappa shape index (κ2) is 12.7. The second-order valence-electron chi connectivity index (χ2n) is 20.1. The maximum atomic E-state index is 2.74. The van der Waals surface area contributed by atoms with Gasteiger partial charge in [0.15, 0.2) is 0 Å². The van der Waals surface area contributed by atoms with E-state index in [0.717, 1.165) is 6.42 Å². The van der Waals surface area contributed by atoms with Gasteiger partial charge in [0.1, 0.15) is 0 Å². The van der Waals surface area contributed by atoms with E-state index in [0.29, 0.717) is 0 Å². The number of benzene rings is 6. The highest BCUT2D eigenvalue weighted by atomic mass is 15.3. The molecule has 2 heterocycles. The largest absolute Gasteiger partial charge is 0.334 e. The summed E-state index contributed by atoms with van der Waals surface area (Å²) in [6.45, 7) is 19.9. The Balaban J connectivity index is 1.03. The number of hydrogen-bond donors (Lipinski definition) is 0. The number of anilines is 4. The van der Waals surface area contributed by atoms with Crippen molar-refractivity contribution in [2.75, 3.05) is 9.80 Å². The molecule has 59 heavy (non-hydrogen) atoms. The van der Waals surface area contributed by atoms with E-state index in [4.69, 9.17) is 0 Å². The van der Waals surface area contributed by atoms with Gasteiger partial charge in [-0.05, 0) is 200 Å². The van der Waals surface area contributed by atoms with Crippen LogP contribution < -0.4 is 9.80 Å². The topological polar surface area (TPSA) is 6.48 Å². The minimum Gasteiger partial charge on any atom is -0.334 e. The molecule has 2 nitrogen and oxygen atoms in total. The summed E-state index contributed by atoms with van der Waals surface area (Å²) in [5, 5.41) is 0. The van der Waals surface area contributed by atoms with E-state index < -0.39 is 0 Å². The number of fused-ring (bicyclic) bond motifs is 9. The van der Waals surface area contributed by atoms with Gasteiger partial charge in [0.05, 0.1) is 11.1 Å². The fraction of sp³-hybridized carbons (Fsp3) is 0.368. The van der Waals surface area contributed by atoms with E-state index in [-0.39, 0.29) is 21.9 Å². The third-order valence-electron chi connectivity index (χ3n) is 17.1. The summed E-state index contributed by atoms with van der Waals surface area (Å²) in [6, 6.07) is 42.2. The first-order valence-electron chi connectivity index (χ1n) is 22.7. The van der Waals surface area contributed by atoms with Crippen LogP contribution in [0.2, 0.25) is 0 Å². The number of hydrogen-bond acceptors (Lipinski definition) is 2. The number of nitrogens with zero attached hydrogens (tertiary/aromatic N) is 2. The van der Waals surface area contributed by atoms with Crippen LogP contribution in [0, 0.1) is 27.7 Å². The summed E-state index contributed by atoms with van der Waals surface area (Å²) < 4.78 is 0. The van der Waals surface area contributed by atoms with Gasteiger partial charge in [-0.1, -0.05) is 100 Å². The SMILES string of the molecule is Cc1cc(-c2ccc3c(c2)-c2cc(-c4cc(C)c5c(c4C)C4(C)CCCCC4(C)N5c4ccccc4)ccc2C3)c(C)c2c1N(c1ccccc1)C1(C)CCCCC21C. The van der Waals surface area contributed by atoms with Gasteiger partial charge in [0, 0.05) is 33.6 Å². The smallest absolute Gasteiger partial charge is 0.0518 e. The highest BCUT2D eigenvalue weighted by Crippen LogP contribution is 2.65. The van der Waals surface area contributed by atoms with E-state index in [1.54, 1.807) is 11.1 Å². The van der Waals surface area contributed by atoms with Gasteiger partial charge in [-0.3, -0.25) is 0 Å². The molecule has 4 unspecified atom stereocenters. The molecule has 5 aliphatic rings. The normalized spacial score (nSPS) is 26.2. The lowest BCUT2D eigenvalue weighted by Gasteiger charge is -2.50. The molecule has 3 aliphatic carbocycles. The van der Waals surface area contributed by atoms with Crippen LogP contribution in [0.25, 0.3) is 33.4 Å². The molecule has 0 radical (unpaired) electrons. The summed E-state index contributed by atoms with van der Waals surface area (Å²) in [4.78, 5) is 5.48. The molecule has 2 heteroatoms. The van der Waals surface area contributed by atoms with Crippen molar-refractivity contribution in [3.8, 4) is 33.4 Å². The molecule has 0 N–H and O–H groups in total. The van der Waals surface area contributed by atoms with Crippen LogP contribution >= 0.6 is 0 Å². The van der Waals surface area contributed by atoms with E-state index >= 15 is 0 Å². The van der Waals surface area contributed by atoms with Crippen molar-refractivity contribution >= 4 is 22.7 Å². The molecule has 6 aromatic carbocycles. The molecular formula is C57H60N2. The lowest BCUT2D eigenvalue weighted by molar-refractivity contribution is 0.194. The van der Waals surface area contributed by atoms with Crippen molar-refractivity contribution in [1.29, 1.82) is 0 Å². The zero-order chi connectivity index (χ0) is 40.6. The van der Waals surface area contributed by atoms with Gasteiger partial charge in [-0.15, -0.1) is 0 Å². The van der Waals surface area contributed by atoms with Gasteiger partial charge in [0.25, 0.3) is 0 Å². The van der Waals surface area contributed by atoms with Crippen LogP contribution in [0.15, 0.2) is 109 Å². The standard InChI is InChI=1S/C57H60N2/c1-36-31-46(38(3)50-52(36)58(44-19-11-9-12-20-44)56(7)29-17-15-27-54(50,56)5)42-25-23-40-33-41-24-26-43(35-49(41)48(40)34-42)47-32-37(2)53-51(39(47)4)55(6)28-16-18-30-57(55,8)59(53)45-21-13-10-14-22-45/h9-14,19-26,31-32,34-35H,15-18,27-30,33H2,1-8H3. The van der Waals surface area contributed by atoms with E-state index in [1.807, 2.05) is 0 Å². The van der Waals surface area contributed by atoms with Crippen molar-refractivity contribution in [2.45, 2.75) is 135 Å². The third kappa shape index (κ3) is 4.81. The van der Waals surface area contributed by atoms with Crippen molar-refractivity contribution in [3.63, 3.8) is 0 Å². The van der Waals surface area contributed by atoms with Crippen LogP contribution in [0.1, 0.15) is 124 Å². The predicted molar refractivity (Wildman–Crippen MR) is 250 cm³/mol. The molecule has 2 aliphatic heterocycles. The highest BCUT2D eigenvalue weighted by Gasteiger charge is 2.60. The molecule has 298 valence electrons. The molecule has 0 spiro atoms. The van der Waals surface area contributed by atoms with Crippen LogP contribution in [0.3, 0.4) is 0 Å². The van der Waals surface area contributed by atoms with Gasteiger partial charge in [-0.25, -0.2) is 0 Å².